The first-order valence-corrected chi connectivity index (χ1v) is 6.56. The summed E-state index contributed by atoms with van der Waals surface area (Å²) in [6.45, 7) is 0.941. The van der Waals surface area contributed by atoms with Crippen LogP contribution in [0.25, 0.3) is 0 Å². The van der Waals surface area contributed by atoms with Gasteiger partial charge in [0.05, 0.1) is 6.04 Å². The van der Waals surface area contributed by atoms with E-state index in [2.05, 4.69) is 0 Å². The molecule has 0 radical (unpaired) electrons. The number of carbonyl (C=O) groups is 1. The van der Waals surface area contributed by atoms with Crippen LogP contribution in [-0.2, 0) is 4.79 Å². The van der Waals surface area contributed by atoms with Crippen LogP contribution in [-0.4, -0.2) is 23.9 Å². The van der Waals surface area contributed by atoms with E-state index < -0.39 is 17.7 Å². The van der Waals surface area contributed by atoms with Crippen LogP contribution >= 0.6 is 0 Å². The van der Waals surface area contributed by atoms with Crippen molar-refractivity contribution in [1.29, 1.82) is 0 Å². The van der Waals surface area contributed by atoms with E-state index in [0.717, 1.165) is 25.3 Å². The van der Waals surface area contributed by atoms with Crippen LogP contribution in [0.2, 0.25) is 0 Å². The highest BCUT2D eigenvalue weighted by atomic mass is 19.1. The Balaban J connectivity index is 2.07. The molecule has 0 aromatic heterocycles. The lowest BCUT2D eigenvalue weighted by molar-refractivity contribution is -0.130. The maximum atomic E-state index is 13.6. The van der Waals surface area contributed by atoms with Gasteiger partial charge in [-0.05, 0) is 18.9 Å². The monoisotopic (exact) mass is 268 g/mol. The van der Waals surface area contributed by atoms with E-state index in [4.69, 9.17) is 5.73 Å². The number of hydrogen-bond acceptors (Lipinski definition) is 2. The number of carbonyl (C=O) groups excluding carboxylic acids is 1. The summed E-state index contributed by atoms with van der Waals surface area (Å²) in [4.78, 5) is 13.5. The molecular weight excluding hydrogens is 250 g/mol. The molecule has 0 spiro atoms. The van der Waals surface area contributed by atoms with Gasteiger partial charge < -0.3 is 10.6 Å². The number of rotatable bonds is 3. The minimum Gasteiger partial charge on any atom is -0.341 e. The molecule has 3 nitrogen and oxygen atoms in total. The van der Waals surface area contributed by atoms with Gasteiger partial charge in [0, 0.05) is 31.1 Å². The molecule has 1 aliphatic rings. The van der Waals surface area contributed by atoms with Crippen molar-refractivity contribution in [3.05, 3.63) is 35.4 Å². The van der Waals surface area contributed by atoms with Crippen LogP contribution in [0.3, 0.4) is 0 Å². The van der Waals surface area contributed by atoms with Gasteiger partial charge in [0.1, 0.15) is 11.6 Å². The lowest BCUT2D eigenvalue weighted by Gasteiger charge is -2.24. The second-order valence-corrected chi connectivity index (χ2v) is 4.92. The third-order valence-corrected chi connectivity index (χ3v) is 3.45. The molecule has 19 heavy (non-hydrogen) atoms. The first kappa shape index (κ1) is 13.9. The van der Waals surface area contributed by atoms with Crippen molar-refractivity contribution in [3.63, 3.8) is 0 Å². The van der Waals surface area contributed by atoms with E-state index in [0.29, 0.717) is 13.0 Å². The highest BCUT2D eigenvalue weighted by Crippen LogP contribution is 2.19. The molecule has 1 aromatic rings. The van der Waals surface area contributed by atoms with Crippen molar-refractivity contribution >= 4 is 5.91 Å². The minimum atomic E-state index is -0.658. The van der Waals surface area contributed by atoms with E-state index >= 15 is 0 Å². The Morgan fingerprint density at radius 2 is 2.05 bits per heavy atom. The van der Waals surface area contributed by atoms with Crippen LogP contribution in [0.4, 0.5) is 8.78 Å². The quantitative estimate of drug-likeness (QED) is 0.914. The average Bonchev–Trinajstić information content (AvgIpc) is 2.55. The zero-order valence-electron chi connectivity index (χ0n) is 10.7. The van der Waals surface area contributed by atoms with E-state index in [1.54, 1.807) is 4.90 Å². The van der Waals surface area contributed by atoms with Crippen LogP contribution in [0.15, 0.2) is 18.2 Å². The Bertz CT molecular complexity index is 465. The van der Waals surface area contributed by atoms with Gasteiger partial charge in [0.15, 0.2) is 0 Å². The molecule has 2 rings (SSSR count). The van der Waals surface area contributed by atoms with Gasteiger partial charge in [-0.2, -0.15) is 0 Å². The second kappa shape index (κ2) is 6.10. The fraction of sp³-hybridized carbons (Fsp3) is 0.500. The van der Waals surface area contributed by atoms with Gasteiger partial charge in [0.25, 0.3) is 0 Å². The molecule has 1 fully saturated rings. The normalized spacial score (nSPS) is 18.3. The molecule has 0 saturated carbocycles. The Morgan fingerprint density at radius 1 is 1.26 bits per heavy atom. The van der Waals surface area contributed by atoms with Crippen LogP contribution < -0.4 is 5.73 Å². The Morgan fingerprint density at radius 3 is 2.79 bits per heavy atom. The molecule has 1 heterocycles. The number of halogens is 2. The van der Waals surface area contributed by atoms with E-state index in [9.17, 15) is 13.6 Å². The van der Waals surface area contributed by atoms with Crippen LogP contribution in [0.1, 0.15) is 37.3 Å². The second-order valence-electron chi connectivity index (χ2n) is 4.92. The topological polar surface area (TPSA) is 46.3 Å². The molecular formula is C14H18F2N2O. The maximum Gasteiger partial charge on any atom is 0.222 e. The summed E-state index contributed by atoms with van der Waals surface area (Å²) in [7, 11) is 0. The Labute approximate surface area is 111 Å². The minimum absolute atomic E-state index is 0.0652. The predicted octanol–water partition coefficient (Wildman–Crippen LogP) is 2.37. The largest absolute Gasteiger partial charge is 0.341 e. The molecule has 2 N–H and O–H groups in total. The standard InChI is InChI=1S/C14H18F2N2O/c15-10-5-6-11(12(16)8-10)13(17)9-18-7-3-1-2-4-14(18)19/h5-6,8,13H,1-4,7,9,17H2. The number of benzene rings is 1. The molecule has 1 atom stereocenters. The van der Waals surface area contributed by atoms with Gasteiger partial charge in [-0.25, -0.2) is 8.78 Å². The summed E-state index contributed by atoms with van der Waals surface area (Å²) in [6.07, 6.45) is 3.40. The summed E-state index contributed by atoms with van der Waals surface area (Å²) in [5.41, 5.74) is 6.18. The summed E-state index contributed by atoms with van der Waals surface area (Å²) >= 11 is 0. The number of nitrogens with two attached hydrogens (primary N) is 1. The third-order valence-electron chi connectivity index (χ3n) is 3.45. The molecule has 0 bridgehead atoms. The predicted molar refractivity (Wildman–Crippen MR) is 68.3 cm³/mol. The summed E-state index contributed by atoms with van der Waals surface area (Å²) in [6, 6.07) is 2.72. The number of hydrogen-bond donors (Lipinski definition) is 1. The lowest BCUT2D eigenvalue weighted by Crippen LogP contribution is -2.37. The van der Waals surface area contributed by atoms with Crippen molar-refractivity contribution in [2.24, 2.45) is 5.73 Å². The van der Waals surface area contributed by atoms with Gasteiger partial charge >= 0.3 is 0 Å². The summed E-state index contributed by atoms with van der Waals surface area (Å²) < 4.78 is 26.4. The summed E-state index contributed by atoms with van der Waals surface area (Å²) in [5, 5.41) is 0. The fourth-order valence-corrected chi connectivity index (χ4v) is 2.37. The average molecular weight is 268 g/mol. The lowest BCUT2D eigenvalue weighted by atomic mass is 10.1. The molecule has 1 aliphatic heterocycles. The first-order valence-electron chi connectivity index (χ1n) is 6.56. The van der Waals surface area contributed by atoms with Crippen molar-refractivity contribution in [1.82, 2.24) is 4.90 Å². The zero-order chi connectivity index (χ0) is 13.8. The number of amides is 1. The third kappa shape index (κ3) is 3.50. The Hall–Kier alpha value is -1.49. The van der Waals surface area contributed by atoms with Crippen molar-refractivity contribution in [2.45, 2.75) is 31.7 Å². The first-order chi connectivity index (χ1) is 9.08. The molecule has 1 saturated heterocycles. The molecule has 0 aliphatic carbocycles. The fourth-order valence-electron chi connectivity index (χ4n) is 2.37. The van der Waals surface area contributed by atoms with Crippen molar-refractivity contribution in [3.8, 4) is 0 Å². The number of nitrogens with zero attached hydrogens (tertiary/aromatic N) is 1. The molecule has 1 amide bonds. The Kier molecular flexibility index (Phi) is 4.47. The van der Waals surface area contributed by atoms with Crippen LogP contribution in [0.5, 0.6) is 0 Å². The molecule has 104 valence electrons. The van der Waals surface area contributed by atoms with E-state index in [1.807, 2.05) is 0 Å². The van der Waals surface area contributed by atoms with Crippen LogP contribution in [0, 0.1) is 11.6 Å². The molecule has 1 unspecified atom stereocenters. The van der Waals surface area contributed by atoms with E-state index in [-0.39, 0.29) is 18.0 Å². The molecule has 1 aromatic carbocycles. The van der Waals surface area contributed by atoms with Gasteiger partial charge in [-0.3, -0.25) is 4.79 Å². The van der Waals surface area contributed by atoms with Crippen molar-refractivity contribution in [2.75, 3.05) is 13.1 Å². The maximum absolute atomic E-state index is 13.6. The highest BCUT2D eigenvalue weighted by Gasteiger charge is 2.21. The van der Waals surface area contributed by atoms with E-state index in [1.165, 1.54) is 12.1 Å². The highest BCUT2D eigenvalue weighted by molar-refractivity contribution is 5.76. The number of likely N-dealkylation sites (tertiary alicyclic amines) is 1. The smallest absolute Gasteiger partial charge is 0.222 e. The molecule has 5 heteroatoms. The SMILES string of the molecule is NC(CN1CCCCCC1=O)c1ccc(F)cc1F. The van der Waals surface area contributed by atoms with Gasteiger partial charge in [0.2, 0.25) is 5.91 Å². The van der Waals surface area contributed by atoms with Crippen molar-refractivity contribution < 1.29 is 13.6 Å². The zero-order valence-corrected chi connectivity index (χ0v) is 10.7. The van der Waals surface area contributed by atoms with Gasteiger partial charge in [-0.1, -0.05) is 12.5 Å². The summed E-state index contributed by atoms with van der Waals surface area (Å²) in [5.74, 6) is -1.22. The van der Waals surface area contributed by atoms with Gasteiger partial charge in [-0.15, -0.1) is 0 Å².